The van der Waals surface area contributed by atoms with Crippen molar-refractivity contribution >= 4 is 28.4 Å². The van der Waals surface area contributed by atoms with Crippen molar-refractivity contribution in [1.29, 1.82) is 0 Å². The number of hydrogen-bond acceptors (Lipinski definition) is 6. The van der Waals surface area contributed by atoms with Crippen LogP contribution in [-0.2, 0) is 0 Å². The predicted molar refractivity (Wildman–Crippen MR) is 111 cm³/mol. The molecule has 3 aromatic rings. The van der Waals surface area contributed by atoms with Crippen LogP contribution in [0.3, 0.4) is 0 Å². The van der Waals surface area contributed by atoms with Crippen molar-refractivity contribution in [3.05, 3.63) is 52.9 Å². The molecule has 0 saturated carbocycles. The SMILES string of the molecule is O=c1ccc2cnc(Nc3ccc(N4CCC(CCCO)CC4)cc3)nc2[nH]1. The first-order chi connectivity index (χ1) is 13.7. The molecule has 0 unspecified atom stereocenters. The van der Waals surface area contributed by atoms with Gasteiger partial charge < -0.3 is 20.3 Å². The Morgan fingerprint density at radius 2 is 1.93 bits per heavy atom. The van der Waals surface area contributed by atoms with Crippen molar-refractivity contribution in [3.63, 3.8) is 0 Å². The Morgan fingerprint density at radius 1 is 1.14 bits per heavy atom. The Hall–Kier alpha value is -2.93. The lowest BCUT2D eigenvalue weighted by atomic mass is 9.92. The molecular formula is C21H25N5O2. The number of piperidine rings is 1. The quantitative estimate of drug-likeness (QED) is 0.609. The van der Waals surface area contributed by atoms with Crippen LogP contribution in [0.15, 0.2) is 47.4 Å². The number of aliphatic hydroxyl groups is 1. The first kappa shape index (κ1) is 18.4. The van der Waals surface area contributed by atoms with E-state index in [1.807, 2.05) is 12.1 Å². The molecule has 0 atom stereocenters. The fourth-order valence-corrected chi connectivity index (χ4v) is 3.74. The summed E-state index contributed by atoms with van der Waals surface area (Å²) in [7, 11) is 0. The molecule has 0 bridgehead atoms. The molecule has 3 heterocycles. The van der Waals surface area contributed by atoms with E-state index in [9.17, 15) is 4.79 Å². The summed E-state index contributed by atoms with van der Waals surface area (Å²) in [5.41, 5.74) is 2.46. The zero-order valence-corrected chi connectivity index (χ0v) is 15.8. The Morgan fingerprint density at radius 3 is 2.68 bits per heavy atom. The Labute approximate surface area is 163 Å². The molecule has 0 radical (unpaired) electrons. The van der Waals surface area contributed by atoms with Crippen molar-refractivity contribution in [3.8, 4) is 0 Å². The molecule has 0 amide bonds. The van der Waals surface area contributed by atoms with Crippen LogP contribution in [0.4, 0.5) is 17.3 Å². The topological polar surface area (TPSA) is 94.1 Å². The second-order valence-corrected chi connectivity index (χ2v) is 7.29. The lowest BCUT2D eigenvalue weighted by Gasteiger charge is -2.33. The highest BCUT2D eigenvalue weighted by molar-refractivity contribution is 5.74. The maximum Gasteiger partial charge on any atom is 0.249 e. The number of pyridine rings is 1. The molecule has 1 fully saturated rings. The van der Waals surface area contributed by atoms with Gasteiger partial charge in [0.15, 0.2) is 0 Å². The fourth-order valence-electron chi connectivity index (χ4n) is 3.74. The zero-order chi connectivity index (χ0) is 19.3. The molecule has 3 N–H and O–H groups in total. The third-order valence-electron chi connectivity index (χ3n) is 5.35. The van der Waals surface area contributed by atoms with Crippen LogP contribution < -0.4 is 15.8 Å². The summed E-state index contributed by atoms with van der Waals surface area (Å²) >= 11 is 0. The van der Waals surface area contributed by atoms with Gasteiger partial charge in [0.25, 0.3) is 0 Å². The van der Waals surface area contributed by atoms with E-state index in [1.54, 1.807) is 12.3 Å². The van der Waals surface area contributed by atoms with Gasteiger partial charge in [-0.25, -0.2) is 4.98 Å². The van der Waals surface area contributed by atoms with Crippen LogP contribution in [0.2, 0.25) is 0 Å². The van der Waals surface area contributed by atoms with Crippen molar-refractivity contribution in [1.82, 2.24) is 15.0 Å². The number of aromatic nitrogens is 3. The van der Waals surface area contributed by atoms with E-state index < -0.39 is 0 Å². The van der Waals surface area contributed by atoms with Crippen molar-refractivity contribution in [2.24, 2.45) is 5.92 Å². The molecular weight excluding hydrogens is 354 g/mol. The maximum absolute atomic E-state index is 11.5. The number of H-pyrrole nitrogens is 1. The number of aromatic amines is 1. The molecule has 1 aliphatic heterocycles. The monoisotopic (exact) mass is 379 g/mol. The number of hydrogen-bond donors (Lipinski definition) is 3. The van der Waals surface area contributed by atoms with Crippen molar-refractivity contribution < 1.29 is 5.11 Å². The minimum absolute atomic E-state index is 0.179. The van der Waals surface area contributed by atoms with Crippen LogP contribution >= 0.6 is 0 Å². The van der Waals surface area contributed by atoms with Gasteiger partial charge in [-0.2, -0.15) is 4.98 Å². The van der Waals surface area contributed by atoms with Crippen LogP contribution in [0.5, 0.6) is 0 Å². The van der Waals surface area contributed by atoms with Crippen LogP contribution in [-0.4, -0.2) is 39.8 Å². The highest BCUT2D eigenvalue weighted by atomic mass is 16.2. The Kier molecular flexibility index (Phi) is 5.53. The average Bonchev–Trinajstić information content (AvgIpc) is 2.73. The summed E-state index contributed by atoms with van der Waals surface area (Å²) in [6.45, 7) is 2.42. The number of aliphatic hydroxyl groups excluding tert-OH is 1. The molecule has 1 aliphatic rings. The largest absolute Gasteiger partial charge is 0.396 e. The molecule has 4 rings (SSSR count). The van der Waals surface area contributed by atoms with Gasteiger partial charge in [-0.1, -0.05) is 0 Å². The first-order valence-corrected chi connectivity index (χ1v) is 9.80. The average molecular weight is 379 g/mol. The number of rotatable bonds is 6. The lowest BCUT2D eigenvalue weighted by Crippen LogP contribution is -2.33. The van der Waals surface area contributed by atoms with E-state index in [4.69, 9.17) is 5.11 Å². The van der Waals surface area contributed by atoms with E-state index >= 15 is 0 Å². The molecule has 7 heteroatoms. The standard InChI is InChI=1S/C21H25N5O2/c27-13-1-2-15-9-11-26(12-10-15)18-6-4-17(5-7-18)23-21-22-14-16-3-8-19(28)24-20(16)25-21/h3-8,14-15,27H,1-2,9-13H2,(H2,22,23,24,25,28). The Bertz CT molecular complexity index is 978. The summed E-state index contributed by atoms with van der Waals surface area (Å²) in [5.74, 6) is 1.19. The van der Waals surface area contributed by atoms with Gasteiger partial charge >= 0.3 is 0 Å². The number of nitrogens with zero attached hydrogens (tertiary/aromatic N) is 3. The van der Waals surface area contributed by atoms with Gasteiger partial charge in [0.05, 0.1) is 0 Å². The van der Waals surface area contributed by atoms with Crippen molar-refractivity contribution in [2.45, 2.75) is 25.7 Å². The maximum atomic E-state index is 11.5. The van der Waals surface area contributed by atoms with Crippen molar-refractivity contribution in [2.75, 3.05) is 29.9 Å². The number of benzene rings is 1. The summed E-state index contributed by atoms with van der Waals surface area (Å²) in [4.78, 5) is 25.3. The summed E-state index contributed by atoms with van der Waals surface area (Å²) in [6, 6.07) is 11.4. The fraction of sp³-hybridized carbons (Fsp3) is 0.381. The summed E-state index contributed by atoms with van der Waals surface area (Å²) < 4.78 is 0. The summed E-state index contributed by atoms with van der Waals surface area (Å²) in [5, 5.41) is 13.0. The molecule has 7 nitrogen and oxygen atoms in total. The first-order valence-electron chi connectivity index (χ1n) is 9.80. The van der Waals surface area contributed by atoms with E-state index in [0.29, 0.717) is 18.2 Å². The number of anilines is 3. The predicted octanol–water partition coefficient (Wildman–Crippen LogP) is 3.05. The molecule has 146 valence electrons. The minimum atomic E-state index is -0.179. The van der Waals surface area contributed by atoms with E-state index in [0.717, 1.165) is 42.9 Å². The normalized spacial score (nSPS) is 15.1. The second-order valence-electron chi connectivity index (χ2n) is 7.29. The smallest absolute Gasteiger partial charge is 0.249 e. The third-order valence-corrected chi connectivity index (χ3v) is 5.35. The van der Waals surface area contributed by atoms with Gasteiger partial charge in [-0.3, -0.25) is 4.79 Å². The van der Waals surface area contributed by atoms with Gasteiger partial charge in [-0.05, 0) is 61.9 Å². The van der Waals surface area contributed by atoms with Gasteiger partial charge in [0, 0.05) is 48.7 Å². The van der Waals surface area contributed by atoms with E-state index in [-0.39, 0.29) is 5.56 Å². The lowest BCUT2D eigenvalue weighted by molar-refractivity contribution is 0.261. The van der Waals surface area contributed by atoms with Gasteiger partial charge in [0.2, 0.25) is 11.5 Å². The van der Waals surface area contributed by atoms with E-state index in [2.05, 4.69) is 37.3 Å². The molecule has 28 heavy (non-hydrogen) atoms. The molecule has 0 aliphatic carbocycles. The Balaban J connectivity index is 1.39. The van der Waals surface area contributed by atoms with Gasteiger partial charge in [0.1, 0.15) is 5.65 Å². The molecule has 2 aromatic heterocycles. The van der Waals surface area contributed by atoms with Crippen LogP contribution in [0.1, 0.15) is 25.7 Å². The molecule has 0 spiro atoms. The van der Waals surface area contributed by atoms with E-state index in [1.165, 1.54) is 24.6 Å². The number of nitrogens with one attached hydrogen (secondary N) is 2. The number of fused-ring (bicyclic) bond motifs is 1. The molecule has 1 aromatic carbocycles. The third kappa shape index (κ3) is 4.31. The van der Waals surface area contributed by atoms with Gasteiger partial charge in [-0.15, -0.1) is 0 Å². The van der Waals surface area contributed by atoms with Crippen LogP contribution in [0, 0.1) is 5.92 Å². The van der Waals surface area contributed by atoms with Crippen LogP contribution in [0.25, 0.3) is 11.0 Å². The minimum Gasteiger partial charge on any atom is -0.396 e. The highest BCUT2D eigenvalue weighted by Crippen LogP contribution is 2.27. The molecule has 1 saturated heterocycles. The summed E-state index contributed by atoms with van der Waals surface area (Å²) in [6.07, 6.45) is 6.10. The zero-order valence-electron chi connectivity index (χ0n) is 15.8. The second kappa shape index (κ2) is 8.39. The highest BCUT2D eigenvalue weighted by Gasteiger charge is 2.19.